The highest BCUT2D eigenvalue weighted by molar-refractivity contribution is 4.35. The Morgan fingerprint density at radius 3 is 2.33 bits per heavy atom. The Labute approximate surface area is 53.7 Å². The molecule has 0 unspecified atom stereocenters. The lowest BCUT2D eigenvalue weighted by Crippen LogP contribution is -2.10. The first-order chi connectivity index (χ1) is 4.27. The molecule has 4 nitrogen and oxygen atoms in total. The SMILES string of the molecule is OCCOCCC(O)O. The van der Waals surface area contributed by atoms with Gasteiger partial charge in [-0.2, -0.15) is 0 Å². The summed E-state index contributed by atoms with van der Waals surface area (Å²) in [7, 11) is 0. The van der Waals surface area contributed by atoms with Crippen molar-refractivity contribution in [2.75, 3.05) is 19.8 Å². The Morgan fingerprint density at radius 2 is 1.89 bits per heavy atom. The van der Waals surface area contributed by atoms with Crippen LogP contribution in [0, 0.1) is 0 Å². The molecular weight excluding hydrogens is 124 g/mol. The smallest absolute Gasteiger partial charge is 0.153 e. The molecule has 0 aromatic rings. The van der Waals surface area contributed by atoms with Crippen molar-refractivity contribution in [2.45, 2.75) is 12.7 Å². The highest BCUT2D eigenvalue weighted by atomic mass is 16.5. The van der Waals surface area contributed by atoms with Gasteiger partial charge >= 0.3 is 0 Å². The van der Waals surface area contributed by atoms with E-state index in [0.717, 1.165) is 0 Å². The van der Waals surface area contributed by atoms with Crippen LogP contribution in [0.1, 0.15) is 6.42 Å². The first-order valence-corrected chi connectivity index (χ1v) is 2.82. The summed E-state index contributed by atoms with van der Waals surface area (Å²) in [6, 6.07) is 0. The number of hydrogen-bond donors (Lipinski definition) is 3. The van der Waals surface area contributed by atoms with Crippen molar-refractivity contribution in [2.24, 2.45) is 0 Å². The van der Waals surface area contributed by atoms with E-state index in [-0.39, 0.29) is 26.2 Å². The first kappa shape index (κ1) is 8.84. The highest BCUT2D eigenvalue weighted by Crippen LogP contribution is 1.85. The van der Waals surface area contributed by atoms with Gasteiger partial charge in [0, 0.05) is 6.42 Å². The Bertz CT molecular complexity index is 54.9. The van der Waals surface area contributed by atoms with Crippen molar-refractivity contribution in [3.8, 4) is 0 Å². The van der Waals surface area contributed by atoms with Crippen LogP contribution in [0.3, 0.4) is 0 Å². The van der Waals surface area contributed by atoms with Crippen LogP contribution in [-0.4, -0.2) is 41.4 Å². The van der Waals surface area contributed by atoms with Crippen LogP contribution in [0.2, 0.25) is 0 Å². The summed E-state index contributed by atoms with van der Waals surface area (Å²) >= 11 is 0. The molecule has 0 fully saturated rings. The zero-order valence-corrected chi connectivity index (χ0v) is 5.16. The molecule has 0 spiro atoms. The van der Waals surface area contributed by atoms with Crippen molar-refractivity contribution >= 4 is 0 Å². The third-order valence-electron chi connectivity index (χ3n) is 0.756. The number of aliphatic hydroxyl groups excluding tert-OH is 2. The van der Waals surface area contributed by atoms with Gasteiger partial charge in [-0.3, -0.25) is 0 Å². The van der Waals surface area contributed by atoms with Crippen LogP contribution < -0.4 is 0 Å². The van der Waals surface area contributed by atoms with Crippen molar-refractivity contribution in [3.05, 3.63) is 0 Å². The van der Waals surface area contributed by atoms with Crippen LogP contribution in [0.25, 0.3) is 0 Å². The minimum absolute atomic E-state index is 0.0263. The molecule has 0 aromatic carbocycles. The summed E-state index contributed by atoms with van der Waals surface area (Å²) in [4.78, 5) is 0. The maximum Gasteiger partial charge on any atom is 0.153 e. The molecule has 0 aromatic heterocycles. The van der Waals surface area contributed by atoms with Crippen molar-refractivity contribution in [1.82, 2.24) is 0 Å². The fourth-order valence-electron chi connectivity index (χ4n) is 0.355. The maximum atomic E-state index is 8.26. The molecular formula is C5H12O4. The summed E-state index contributed by atoms with van der Waals surface area (Å²) in [5, 5.41) is 24.7. The summed E-state index contributed by atoms with van der Waals surface area (Å²) in [5.74, 6) is 0. The molecule has 0 aliphatic rings. The number of rotatable bonds is 5. The predicted molar refractivity (Wildman–Crippen MR) is 30.7 cm³/mol. The summed E-state index contributed by atoms with van der Waals surface area (Å²) < 4.78 is 4.72. The van der Waals surface area contributed by atoms with Gasteiger partial charge in [-0.15, -0.1) is 0 Å². The molecule has 3 N–H and O–H groups in total. The lowest BCUT2D eigenvalue weighted by molar-refractivity contribution is -0.0627. The lowest BCUT2D eigenvalue weighted by Gasteiger charge is -2.02. The monoisotopic (exact) mass is 136 g/mol. The van der Waals surface area contributed by atoms with Crippen molar-refractivity contribution in [3.63, 3.8) is 0 Å². The molecule has 0 amide bonds. The number of ether oxygens (including phenoxy) is 1. The molecule has 0 saturated heterocycles. The zero-order valence-electron chi connectivity index (χ0n) is 5.16. The van der Waals surface area contributed by atoms with E-state index in [0.29, 0.717) is 0 Å². The van der Waals surface area contributed by atoms with Crippen LogP contribution in [0.4, 0.5) is 0 Å². The van der Waals surface area contributed by atoms with Gasteiger partial charge in [-0.05, 0) is 0 Å². The largest absolute Gasteiger partial charge is 0.394 e. The van der Waals surface area contributed by atoms with E-state index in [1.165, 1.54) is 0 Å². The van der Waals surface area contributed by atoms with Crippen molar-refractivity contribution in [1.29, 1.82) is 0 Å². The van der Waals surface area contributed by atoms with Crippen LogP contribution >= 0.6 is 0 Å². The van der Waals surface area contributed by atoms with Gasteiger partial charge in [0.05, 0.1) is 19.8 Å². The molecule has 0 radical (unpaired) electrons. The third kappa shape index (κ3) is 7.84. The van der Waals surface area contributed by atoms with Gasteiger partial charge in [-0.25, -0.2) is 0 Å². The molecule has 4 heteroatoms. The average molecular weight is 136 g/mol. The number of aliphatic hydroxyl groups is 3. The topological polar surface area (TPSA) is 69.9 Å². The second-order valence-electron chi connectivity index (χ2n) is 1.61. The quantitative estimate of drug-likeness (QED) is 0.324. The van der Waals surface area contributed by atoms with Crippen LogP contribution in [-0.2, 0) is 4.74 Å². The van der Waals surface area contributed by atoms with Gasteiger partial charge < -0.3 is 20.1 Å². The van der Waals surface area contributed by atoms with E-state index >= 15 is 0 Å². The minimum atomic E-state index is -1.30. The Hall–Kier alpha value is -0.160. The van der Waals surface area contributed by atoms with E-state index in [1.54, 1.807) is 0 Å². The highest BCUT2D eigenvalue weighted by Gasteiger charge is 1.94. The second kappa shape index (κ2) is 5.97. The summed E-state index contributed by atoms with van der Waals surface area (Å²) in [5.41, 5.74) is 0. The predicted octanol–water partition coefficient (Wildman–Crippen LogP) is -1.30. The standard InChI is InChI=1S/C5H12O4/c6-2-4-9-3-1-5(7)8/h5-8H,1-4H2. The van der Waals surface area contributed by atoms with Crippen molar-refractivity contribution < 1.29 is 20.1 Å². The molecule has 0 rings (SSSR count). The van der Waals surface area contributed by atoms with Gasteiger partial charge in [-0.1, -0.05) is 0 Å². The number of hydrogen-bond acceptors (Lipinski definition) is 4. The fourth-order valence-corrected chi connectivity index (χ4v) is 0.355. The van der Waals surface area contributed by atoms with Gasteiger partial charge in [0.1, 0.15) is 0 Å². The molecule has 0 atom stereocenters. The second-order valence-corrected chi connectivity index (χ2v) is 1.61. The van der Waals surface area contributed by atoms with E-state index in [9.17, 15) is 0 Å². The molecule has 0 aliphatic carbocycles. The molecule has 0 saturated carbocycles. The zero-order chi connectivity index (χ0) is 7.11. The molecule has 56 valence electrons. The van der Waals surface area contributed by atoms with Crippen LogP contribution in [0.5, 0.6) is 0 Å². The first-order valence-electron chi connectivity index (χ1n) is 2.82. The van der Waals surface area contributed by atoms with E-state index < -0.39 is 6.29 Å². The average Bonchev–Trinajstić information content (AvgIpc) is 1.80. The van der Waals surface area contributed by atoms with E-state index in [2.05, 4.69) is 0 Å². The van der Waals surface area contributed by atoms with Gasteiger partial charge in [0.25, 0.3) is 0 Å². The molecule has 9 heavy (non-hydrogen) atoms. The van der Waals surface area contributed by atoms with Gasteiger partial charge in [0.2, 0.25) is 0 Å². The third-order valence-corrected chi connectivity index (χ3v) is 0.756. The maximum absolute atomic E-state index is 8.26. The molecule has 0 bridgehead atoms. The Morgan fingerprint density at radius 1 is 1.22 bits per heavy atom. The van der Waals surface area contributed by atoms with E-state index in [1.807, 2.05) is 0 Å². The fraction of sp³-hybridized carbons (Fsp3) is 1.00. The minimum Gasteiger partial charge on any atom is -0.394 e. The molecule has 0 aliphatic heterocycles. The van der Waals surface area contributed by atoms with Crippen LogP contribution in [0.15, 0.2) is 0 Å². The lowest BCUT2D eigenvalue weighted by atomic mass is 10.4. The van der Waals surface area contributed by atoms with E-state index in [4.69, 9.17) is 20.1 Å². The summed E-state index contributed by atoms with van der Waals surface area (Å²) in [6.45, 7) is 0.506. The van der Waals surface area contributed by atoms with Gasteiger partial charge in [0.15, 0.2) is 6.29 Å². The molecule has 0 heterocycles. The normalized spacial score (nSPS) is 10.7. The Balaban J connectivity index is 2.75. The summed E-state index contributed by atoms with van der Waals surface area (Å²) in [6.07, 6.45) is -1.11. The Kier molecular flexibility index (Phi) is 5.86.